The first-order valence-electron chi connectivity index (χ1n) is 8.93. The van der Waals surface area contributed by atoms with E-state index in [1.165, 1.54) is 7.11 Å². The average molecular weight is 374 g/mol. The molecule has 2 amide bonds. The quantitative estimate of drug-likeness (QED) is 0.703. The zero-order valence-corrected chi connectivity index (χ0v) is 15.9. The van der Waals surface area contributed by atoms with Gasteiger partial charge >= 0.3 is 0 Å². The smallest absolute Gasteiger partial charge is 0.259 e. The molecule has 1 N–H and O–H groups in total. The molecule has 28 heavy (non-hydrogen) atoms. The van der Waals surface area contributed by atoms with Crippen LogP contribution in [0.4, 0.5) is 5.69 Å². The van der Waals surface area contributed by atoms with Crippen LogP contribution in [0.1, 0.15) is 26.3 Å². The number of nitrogens with zero attached hydrogens (tertiary/aromatic N) is 1. The van der Waals surface area contributed by atoms with Crippen LogP contribution in [0, 0.1) is 0 Å². The number of para-hydroxylation sites is 2. The maximum Gasteiger partial charge on any atom is 0.259 e. The molecule has 0 unspecified atom stereocenters. The molecule has 0 heterocycles. The molecule has 0 aromatic heterocycles. The summed E-state index contributed by atoms with van der Waals surface area (Å²) in [7, 11) is 3.26. The number of hydrogen-bond acceptors (Lipinski definition) is 3. The number of anilines is 1. The van der Waals surface area contributed by atoms with Crippen molar-refractivity contribution in [3.63, 3.8) is 0 Å². The van der Waals surface area contributed by atoms with Gasteiger partial charge in [-0.1, -0.05) is 54.6 Å². The Balaban J connectivity index is 1.81. The van der Waals surface area contributed by atoms with E-state index < -0.39 is 0 Å². The van der Waals surface area contributed by atoms with Crippen LogP contribution in [0.5, 0.6) is 5.75 Å². The number of amides is 2. The number of carbonyl (C=O) groups excluding carboxylic acids is 2. The van der Waals surface area contributed by atoms with Crippen LogP contribution in [0.3, 0.4) is 0 Å². The Morgan fingerprint density at radius 1 is 0.857 bits per heavy atom. The fourth-order valence-electron chi connectivity index (χ4n) is 2.94. The highest BCUT2D eigenvalue weighted by molar-refractivity contribution is 6.10. The van der Waals surface area contributed by atoms with E-state index in [0.717, 1.165) is 5.56 Å². The second-order valence-corrected chi connectivity index (χ2v) is 6.35. The summed E-state index contributed by atoms with van der Waals surface area (Å²) in [6.07, 6.45) is 0. The monoisotopic (exact) mass is 374 g/mol. The Hall–Kier alpha value is -3.60. The third kappa shape index (κ3) is 4.38. The number of hydrogen-bond donors (Lipinski definition) is 1. The Kier molecular flexibility index (Phi) is 6.07. The van der Waals surface area contributed by atoms with Gasteiger partial charge in [-0.25, -0.2) is 0 Å². The molecule has 3 aromatic carbocycles. The van der Waals surface area contributed by atoms with Gasteiger partial charge in [0.1, 0.15) is 5.75 Å². The lowest BCUT2D eigenvalue weighted by Gasteiger charge is -2.19. The summed E-state index contributed by atoms with van der Waals surface area (Å²) in [5.41, 5.74) is 2.34. The lowest BCUT2D eigenvalue weighted by Crippen LogP contribution is -2.27. The molecule has 0 spiro atoms. The summed E-state index contributed by atoms with van der Waals surface area (Å²) in [6.45, 7) is 0.481. The first kappa shape index (κ1) is 19.2. The van der Waals surface area contributed by atoms with Gasteiger partial charge in [0.2, 0.25) is 0 Å². The zero-order chi connectivity index (χ0) is 19.9. The maximum absolute atomic E-state index is 13.0. The number of rotatable bonds is 6. The summed E-state index contributed by atoms with van der Waals surface area (Å²) < 4.78 is 5.25. The molecule has 3 aromatic rings. The van der Waals surface area contributed by atoms with E-state index in [4.69, 9.17) is 4.74 Å². The zero-order valence-electron chi connectivity index (χ0n) is 15.9. The SMILES string of the molecule is COc1ccccc1C(=O)Nc1ccccc1C(=O)N(C)Cc1ccccc1. The van der Waals surface area contributed by atoms with Crippen molar-refractivity contribution in [2.24, 2.45) is 0 Å². The molecule has 0 radical (unpaired) electrons. The molecule has 5 nitrogen and oxygen atoms in total. The van der Waals surface area contributed by atoms with Crippen molar-refractivity contribution in [2.75, 3.05) is 19.5 Å². The third-order valence-electron chi connectivity index (χ3n) is 4.37. The number of methoxy groups -OCH3 is 1. The van der Waals surface area contributed by atoms with Gasteiger partial charge in [0.05, 0.1) is 23.9 Å². The summed E-state index contributed by atoms with van der Waals surface area (Å²) in [6, 6.07) is 23.7. The Labute approximate surface area is 164 Å². The highest BCUT2D eigenvalue weighted by Gasteiger charge is 2.19. The Morgan fingerprint density at radius 3 is 2.18 bits per heavy atom. The van der Waals surface area contributed by atoms with Crippen molar-refractivity contribution in [2.45, 2.75) is 6.54 Å². The summed E-state index contributed by atoms with van der Waals surface area (Å²) in [5, 5.41) is 2.83. The van der Waals surface area contributed by atoms with E-state index in [2.05, 4.69) is 5.32 Å². The van der Waals surface area contributed by atoms with Crippen LogP contribution >= 0.6 is 0 Å². The van der Waals surface area contributed by atoms with Crippen LogP contribution < -0.4 is 10.1 Å². The van der Waals surface area contributed by atoms with Gasteiger partial charge in [0.15, 0.2) is 0 Å². The van der Waals surface area contributed by atoms with Crippen molar-refractivity contribution in [3.8, 4) is 5.75 Å². The van der Waals surface area contributed by atoms with E-state index >= 15 is 0 Å². The van der Waals surface area contributed by atoms with Crippen LogP contribution in [0.2, 0.25) is 0 Å². The minimum atomic E-state index is -0.330. The van der Waals surface area contributed by atoms with E-state index in [1.54, 1.807) is 60.5 Å². The van der Waals surface area contributed by atoms with Gasteiger partial charge in [-0.05, 0) is 29.8 Å². The Morgan fingerprint density at radius 2 is 1.46 bits per heavy atom. The van der Waals surface area contributed by atoms with Crippen LogP contribution in [0.25, 0.3) is 0 Å². The molecule has 0 aliphatic carbocycles. The molecule has 0 saturated carbocycles. The second-order valence-electron chi connectivity index (χ2n) is 6.35. The van der Waals surface area contributed by atoms with Gasteiger partial charge in [0, 0.05) is 13.6 Å². The lowest BCUT2D eigenvalue weighted by atomic mass is 10.1. The summed E-state index contributed by atoms with van der Waals surface area (Å²) in [4.78, 5) is 27.3. The van der Waals surface area contributed by atoms with Gasteiger partial charge in [0.25, 0.3) is 11.8 Å². The van der Waals surface area contributed by atoms with Crippen LogP contribution in [-0.2, 0) is 6.54 Å². The molecule has 5 heteroatoms. The van der Waals surface area contributed by atoms with Crippen molar-refractivity contribution in [3.05, 3.63) is 95.6 Å². The van der Waals surface area contributed by atoms with Gasteiger partial charge in [-0.2, -0.15) is 0 Å². The van der Waals surface area contributed by atoms with E-state index in [0.29, 0.717) is 29.1 Å². The van der Waals surface area contributed by atoms with Gasteiger partial charge in [-0.15, -0.1) is 0 Å². The summed E-state index contributed by atoms with van der Waals surface area (Å²) >= 11 is 0. The van der Waals surface area contributed by atoms with Crippen molar-refractivity contribution >= 4 is 17.5 Å². The molecule has 0 saturated heterocycles. The van der Waals surface area contributed by atoms with Crippen molar-refractivity contribution in [1.82, 2.24) is 4.90 Å². The molecule has 0 aliphatic rings. The molecule has 0 fully saturated rings. The molecule has 0 atom stereocenters. The number of carbonyl (C=O) groups is 2. The molecular weight excluding hydrogens is 352 g/mol. The number of benzene rings is 3. The largest absolute Gasteiger partial charge is 0.496 e. The summed E-state index contributed by atoms with van der Waals surface area (Å²) in [5.74, 6) is -0.0202. The molecule has 0 bridgehead atoms. The van der Waals surface area contributed by atoms with Crippen molar-refractivity contribution < 1.29 is 14.3 Å². The second kappa shape index (κ2) is 8.86. The fraction of sp³-hybridized carbons (Fsp3) is 0.130. The predicted octanol–water partition coefficient (Wildman–Crippen LogP) is 4.22. The molecule has 142 valence electrons. The maximum atomic E-state index is 13.0. The normalized spacial score (nSPS) is 10.2. The van der Waals surface area contributed by atoms with Crippen molar-refractivity contribution in [1.29, 1.82) is 0 Å². The lowest BCUT2D eigenvalue weighted by molar-refractivity contribution is 0.0786. The minimum absolute atomic E-state index is 0.167. The first-order valence-corrected chi connectivity index (χ1v) is 8.93. The standard InChI is InChI=1S/C23H22N2O3/c1-25(16-17-10-4-3-5-11-17)23(27)18-12-6-8-14-20(18)24-22(26)19-13-7-9-15-21(19)28-2/h3-15H,16H2,1-2H3,(H,24,26). The molecular formula is C23H22N2O3. The first-order chi connectivity index (χ1) is 13.6. The Bertz CT molecular complexity index is 970. The molecule has 0 aliphatic heterocycles. The van der Waals surface area contributed by atoms with Crippen LogP contribution in [0.15, 0.2) is 78.9 Å². The van der Waals surface area contributed by atoms with Gasteiger partial charge in [-0.3, -0.25) is 9.59 Å². The third-order valence-corrected chi connectivity index (χ3v) is 4.37. The van der Waals surface area contributed by atoms with E-state index in [1.807, 2.05) is 30.3 Å². The van der Waals surface area contributed by atoms with Gasteiger partial charge < -0.3 is 15.0 Å². The van der Waals surface area contributed by atoms with E-state index in [9.17, 15) is 9.59 Å². The van der Waals surface area contributed by atoms with E-state index in [-0.39, 0.29) is 11.8 Å². The minimum Gasteiger partial charge on any atom is -0.496 e. The highest BCUT2D eigenvalue weighted by Crippen LogP contribution is 2.22. The molecule has 3 rings (SSSR count). The fourth-order valence-corrected chi connectivity index (χ4v) is 2.94. The average Bonchev–Trinajstić information content (AvgIpc) is 2.74. The number of ether oxygens (including phenoxy) is 1. The predicted molar refractivity (Wildman–Crippen MR) is 110 cm³/mol. The van der Waals surface area contributed by atoms with Crippen LogP contribution in [-0.4, -0.2) is 30.9 Å². The highest BCUT2D eigenvalue weighted by atomic mass is 16.5. The number of nitrogens with one attached hydrogen (secondary N) is 1. The topological polar surface area (TPSA) is 58.6 Å².